The molecule has 0 bridgehead atoms. The Hall–Kier alpha value is -0.120. The Morgan fingerprint density at radius 1 is 1.40 bits per heavy atom. The van der Waals surface area contributed by atoms with Crippen molar-refractivity contribution in [1.29, 1.82) is 0 Å². The first-order chi connectivity index (χ1) is 7.06. The van der Waals surface area contributed by atoms with Crippen LogP contribution in [0, 0.1) is 5.92 Å². The smallest absolute Gasteiger partial charge is 0.0593 e. The van der Waals surface area contributed by atoms with Crippen LogP contribution in [0.3, 0.4) is 0 Å². The standard InChI is InChI=1S/C12H26N2O/c1-4-5-12(13)9-14(10-12)6-7-15-8-11(2)3/h11H,4-10,13H2,1-3H3. The summed E-state index contributed by atoms with van der Waals surface area (Å²) in [5.74, 6) is 0.634. The third-order valence-corrected chi connectivity index (χ3v) is 2.83. The van der Waals surface area contributed by atoms with E-state index in [1.165, 1.54) is 6.42 Å². The summed E-state index contributed by atoms with van der Waals surface area (Å²) in [5.41, 5.74) is 6.28. The predicted molar refractivity (Wildman–Crippen MR) is 63.9 cm³/mol. The first-order valence-electron chi connectivity index (χ1n) is 6.15. The van der Waals surface area contributed by atoms with E-state index in [0.29, 0.717) is 5.92 Å². The summed E-state index contributed by atoms with van der Waals surface area (Å²) in [6.45, 7) is 11.4. The Morgan fingerprint density at radius 3 is 2.60 bits per heavy atom. The fourth-order valence-electron chi connectivity index (χ4n) is 2.17. The Kier molecular flexibility index (Phi) is 5.03. The van der Waals surface area contributed by atoms with Crippen molar-refractivity contribution in [1.82, 2.24) is 4.90 Å². The molecule has 0 spiro atoms. The molecule has 0 aliphatic carbocycles. The van der Waals surface area contributed by atoms with Crippen LogP contribution in [0.5, 0.6) is 0 Å². The van der Waals surface area contributed by atoms with E-state index in [1.807, 2.05) is 0 Å². The highest BCUT2D eigenvalue weighted by atomic mass is 16.5. The van der Waals surface area contributed by atoms with Crippen LogP contribution in [-0.2, 0) is 4.74 Å². The zero-order valence-corrected chi connectivity index (χ0v) is 10.5. The van der Waals surface area contributed by atoms with Crippen LogP contribution >= 0.6 is 0 Å². The largest absolute Gasteiger partial charge is 0.380 e. The van der Waals surface area contributed by atoms with Crippen LogP contribution in [0.4, 0.5) is 0 Å². The third-order valence-electron chi connectivity index (χ3n) is 2.83. The van der Waals surface area contributed by atoms with E-state index in [-0.39, 0.29) is 5.54 Å². The van der Waals surface area contributed by atoms with Crippen molar-refractivity contribution in [2.45, 2.75) is 39.2 Å². The van der Waals surface area contributed by atoms with Crippen molar-refractivity contribution in [3.63, 3.8) is 0 Å². The fraction of sp³-hybridized carbons (Fsp3) is 1.00. The molecule has 90 valence electrons. The number of ether oxygens (including phenoxy) is 1. The van der Waals surface area contributed by atoms with E-state index in [4.69, 9.17) is 10.5 Å². The van der Waals surface area contributed by atoms with Gasteiger partial charge >= 0.3 is 0 Å². The van der Waals surface area contributed by atoms with Crippen molar-refractivity contribution in [2.75, 3.05) is 32.8 Å². The van der Waals surface area contributed by atoms with Crippen molar-refractivity contribution in [2.24, 2.45) is 11.7 Å². The fourth-order valence-corrected chi connectivity index (χ4v) is 2.17. The quantitative estimate of drug-likeness (QED) is 0.652. The van der Waals surface area contributed by atoms with Crippen LogP contribution in [-0.4, -0.2) is 43.3 Å². The lowest BCUT2D eigenvalue weighted by Crippen LogP contribution is -2.67. The minimum atomic E-state index is 0.104. The predicted octanol–water partition coefficient (Wildman–Crippen LogP) is 1.47. The monoisotopic (exact) mass is 214 g/mol. The number of rotatable bonds is 7. The van der Waals surface area contributed by atoms with E-state index < -0.39 is 0 Å². The molecule has 1 fully saturated rings. The molecular weight excluding hydrogens is 188 g/mol. The molecule has 1 saturated heterocycles. The van der Waals surface area contributed by atoms with Crippen molar-refractivity contribution in [3.8, 4) is 0 Å². The number of nitrogens with two attached hydrogens (primary N) is 1. The molecule has 2 N–H and O–H groups in total. The van der Waals surface area contributed by atoms with Crippen LogP contribution in [0.2, 0.25) is 0 Å². The molecule has 0 radical (unpaired) electrons. The number of hydrogen-bond donors (Lipinski definition) is 1. The summed E-state index contributed by atoms with van der Waals surface area (Å²) in [6.07, 6.45) is 2.34. The molecule has 1 aliphatic rings. The lowest BCUT2D eigenvalue weighted by Gasteiger charge is -2.48. The molecular formula is C12H26N2O. The van der Waals surface area contributed by atoms with Gasteiger partial charge in [-0.2, -0.15) is 0 Å². The van der Waals surface area contributed by atoms with Crippen molar-refractivity contribution < 1.29 is 4.74 Å². The van der Waals surface area contributed by atoms with Gasteiger partial charge in [-0.15, -0.1) is 0 Å². The molecule has 0 atom stereocenters. The maximum absolute atomic E-state index is 6.17. The number of hydrogen-bond acceptors (Lipinski definition) is 3. The second kappa shape index (κ2) is 5.83. The molecule has 1 heterocycles. The lowest BCUT2D eigenvalue weighted by atomic mass is 9.86. The Morgan fingerprint density at radius 2 is 2.07 bits per heavy atom. The lowest BCUT2D eigenvalue weighted by molar-refractivity contribution is 0.0225. The zero-order chi connectivity index (χ0) is 11.3. The summed E-state index contributed by atoms with van der Waals surface area (Å²) in [5, 5.41) is 0. The highest BCUT2D eigenvalue weighted by Gasteiger charge is 2.37. The third kappa shape index (κ3) is 4.49. The zero-order valence-electron chi connectivity index (χ0n) is 10.5. The van der Waals surface area contributed by atoms with Crippen molar-refractivity contribution in [3.05, 3.63) is 0 Å². The first kappa shape index (κ1) is 12.9. The van der Waals surface area contributed by atoms with Gasteiger partial charge in [0.05, 0.1) is 6.61 Å². The van der Waals surface area contributed by atoms with Gasteiger partial charge in [0.25, 0.3) is 0 Å². The average Bonchev–Trinajstić information content (AvgIpc) is 2.09. The van der Waals surface area contributed by atoms with Gasteiger partial charge in [0, 0.05) is 31.8 Å². The maximum atomic E-state index is 6.17. The van der Waals surface area contributed by atoms with Crippen LogP contribution in [0.1, 0.15) is 33.6 Å². The van der Waals surface area contributed by atoms with Gasteiger partial charge in [0.2, 0.25) is 0 Å². The molecule has 1 aliphatic heterocycles. The van der Waals surface area contributed by atoms with E-state index in [0.717, 1.165) is 39.3 Å². The number of likely N-dealkylation sites (tertiary alicyclic amines) is 1. The van der Waals surface area contributed by atoms with Gasteiger partial charge < -0.3 is 10.5 Å². The molecule has 0 amide bonds. The van der Waals surface area contributed by atoms with Gasteiger partial charge in [-0.05, 0) is 12.3 Å². The summed E-state index contributed by atoms with van der Waals surface area (Å²) in [6, 6.07) is 0. The van der Waals surface area contributed by atoms with Crippen LogP contribution < -0.4 is 5.73 Å². The minimum absolute atomic E-state index is 0.104. The summed E-state index contributed by atoms with van der Waals surface area (Å²) < 4.78 is 5.55. The van der Waals surface area contributed by atoms with Gasteiger partial charge in [-0.25, -0.2) is 0 Å². The maximum Gasteiger partial charge on any atom is 0.0593 e. The average molecular weight is 214 g/mol. The van der Waals surface area contributed by atoms with Crippen molar-refractivity contribution >= 4 is 0 Å². The Labute approximate surface area is 94.0 Å². The SMILES string of the molecule is CCCC1(N)CN(CCOCC(C)C)C1. The topological polar surface area (TPSA) is 38.5 Å². The molecule has 3 nitrogen and oxygen atoms in total. The van der Waals surface area contributed by atoms with Gasteiger partial charge in [0.15, 0.2) is 0 Å². The normalized spacial score (nSPS) is 20.6. The van der Waals surface area contributed by atoms with E-state index in [2.05, 4.69) is 25.7 Å². The number of nitrogens with zero attached hydrogens (tertiary/aromatic N) is 1. The first-order valence-corrected chi connectivity index (χ1v) is 6.15. The highest BCUT2D eigenvalue weighted by Crippen LogP contribution is 2.22. The molecule has 0 unspecified atom stereocenters. The molecule has 3 heteroatoms. The van der Waals surface area contributed by atoms with Gasteiger partial charge in [-0.3, -0.25) is 4.90 Å². The molecule has 0 aromatic carbocycles. The molecule has 15 heavy (non-hydrogen) atoms. The molecule has 0 saturated carbocycles. The second-order valence-corrected chi connectivity index (χ2v) is 5.29. The van der Waals surface area contributed by atoms with Crippen LogP contribution in [0.25, 0.3) is 0 Å². The molecule has 0 aromatic rings. The summed E-state index contributed by atoms with van der Waals surface area (Å²) >= 11 is 0. The van der Waals surface area contributed by atoms with Crippen LogP contribution in [0.15, 0.2) is 0 Å². The van der Waals surface area contributed by atoms with Gasteiger partial charge in [-0.1, -0.05) is 27.2 Å². The Balaban J connectivity index is 1.98. The molecule has 0 aromatic heterocycles. The Bertz CT molecular complexity index is 176. The second-order valence-electron chi connectivity index (χ2n) is 5.29. The van der Waals surface area contributed by atoms with E-state index >= 15 is 0 Å². The van der Waals surface area contributed by atoms with E-state index in [1.54, 1.807) is 0 Å². The highest BCUT2D eigenvalue weighted by molar-refractivity contribution is 4.99. The molecule has 1 rings (SSSR count). The van der Waals surface area contributed by atoms with Gasteiger partial charge in [0.1, 0.15) is 0 Å². The summed E-state index contributed by atoms with van der Waals surface area (Å²) in [7, 11) is 0. The van der Waals surface area contributed by atoms with E-state index in [9.17, 15) is 0 Å². The summed E-state index contributed by atoms with van der Waals surface area (Å²) in [4.78, 5) is 2.38. The minimum Gasteiger partial charge on any atom is -0.380 e.